The average Bonchev–Trinajstić information content (AvgIpc) is 2.89. The molecule has 0 bridgehead atoms. The van der Waals surface area contributed by atoms with E-state index in [1.54, 1.807) is 0 Å². The van der Waals surface area contributed by atoms with Crippen molar-refractivity contribution in [2.45, 2.75) is 52.6 Å². The van der Waals surface area contributed by atoms with Crippen LogP contribution in [0.15, 0.2) is 12.4 Å². The molecule has 1 unspecified atom stereocenters. The highest BCUT2D eigenvalue weighted by atomic mass is 15.3. The standard InChI is InChI=1S/C14H25N3/c1-4-5-13-6-8-16(10-13)11-17-9-7-15-14(17)12(2)3/h7,9,12-13H,4-6,8,10-11H2,1-3H3. The van der Waals surface area contributed by atoms with E-state index < -0.39 is 0 Å². The Morgan fingerprint density at radius 3 is 3.00 bits per heavy atom. The van der Waals surface area contributed by atoms with Crippen LogP contribution < -0.4 is 0 Å². The van der Waals surface area contributed by atoms with Crippen molar-refractivity contribution in [1.29, 1.82) is 0 Å². The molecule has 0 radical (unpaired) electrons. The van der Waals surface area contributed by atoms with Crippen LogP contribution in [-0.4, -0.2) is 27.5 Å². The van der Waals surface area contributed by atoms with Gasteiger partial charge in [-0.15, -0.1) is 0 Å². The monoisotopic (exact) mass is 235 g/mol. The topological polar surface area (TPSA) is 21.1 Å². The summed E-state index contributed by atoms with van der Waals surface area (Å²) in [6.07, 6.45) is 8.12. The van der Waals surface area contributed by atoms with Gasteiger partial charge < -0.3 is 4.57 Å². The maximum Gasteiger partial charge on any atom is 0.112 e. The van der Waals surface area contributed by atoms with E-state index in [0.29, 0.717) is 5.92 Å². The van der Waals surface area contributed by atoms with Crippen molar-refractivity contribution < 1.29 is 0 Å². The maximum absolute atomic E-state index is 4.45. The highest BCUT2D eigenvalue weighted by Gasteiger charge is 2.22. The van der Waals surface area contributed by atoms with E-state index in [4.69, 9.17) is 0 Å². The van der Waals surface area contributed by atoms with Gasteiger partial charge in [0, 0.05) is 31.4 Å². The molecule has 0 N–H and O–H groups in total. The van der Waals surface area contributed by atoms with Crippen LogP contribution in [0.3, 0.4) is 0 Å². The number of hydrogen-bond acceptors (Lipinski definition) is 2. The molecule has 3 heteroatoms. The quantitative estimate of drug-likeness (QED) is 0.782. The first-order valence-electron chi connectivity index (χ1n) is 6.94. The molecule has 2 heterocycles. The van der Waals surface area contributed by atoms with E-state index in [1.807, 2.05) is 6.20 Å². The first-order chi connectivity index (χ1) is 8.20. The van der Waals surface area contributed by atoms with Crippen LogP contribution in [0.1, 0.15) is 51.8 Å². The third-order valence-corrected chi connectivity index (χ3v) is 3.68. The van der Waals surface area contributed by atoms with Gasteiger partial charge in [0.15, 0.2) is 0 Å². The Bertz CT molecular complexity index is 343. The summed E-state index contributed by atoms with van der Waals surface area (Å²) in [7, 11) is 0. The fraction of sp³-hybridized carbons (Fsp3) is 0.786. The molecule has 0 spiro atoms. The minimum Gasteiger partial charge on any atom is -0.321 e. The summed E-state index contributed by atoms with van der Waals surface area (Å²) < 4.78 is 2.30. The molecule has 96 valence electrons. The summed E-state index contributed by atoms with van der Waals surface area (Å²) in [4.78, 5) is 7.01. The van der Waals surface area contributed by atoms with E-state index in [0.717, 1.165) is 12.6 Å². The average molecular weight is 235 g/mol. The summed E-state index contributed by atoms with van der Waals surface area (Å²) in [6.45, 7) is 10.2. The smallest absolute Gasteiger partial charge is 0.112 e. The lowest BCUT2D eigenvalue weighted by Crippen LogP contribution is -2.25. The molecule has 1 atom stereocenters. The fourth-order valence-corrected chi connectivity index (χ4v) is 2.84. The summed E-state index contributed by atoms with van der Waals surface area (Å²) in [5.74, 6) is 2.65. The fourth-order valence-electron chi connectivity index (χ4n) is 2.84. The second kappa shape index (κ2) is 5.67. The van der Waals surface area contributed by atoms with E-state index in [2.05, 4.69) is 41.4 Å². The highest BCUT2D eigenvalue weighted by molar-refractivity contribution is 4.97. The third kappa shape index (κ3) is 3.09. The Morgan fingerprint density at radius 2 is 2.29 bits per heavy atom. The predicted octanol–water partition coefficient (Wildman–Crippen LogP) is 3.09. The van der Waals surface area contributed by atoms with Crippen LogP contribution in [0.5, 0.6) is 0 Å². The van der Waals surface area contributed by atoms with Crippen LogP contribution >= 0.6 is 0 Å². The molecule has 1 saturated heterocycles. The molecular weight excluding hydrogens is 210 g/mol. The van der Waals surface area contributed by atoms with Gasteiger partial charge in [0.2, 0.25) is 0 Å². The Hall–Kier alpha value is -0.830. The van der Waals surface area contributed by atoms with E-state index in [-0.39, 0.29) is 0 Å². The molecule has 0 amide bonds. The zero-order valence-corrected chi connectivity index (χ0v) is 11.4. The number of rotatable bonds is 5. The maximum atomic E-state index is 4.45. The van der Waals surface area contributed by atoms with E-state index in [9.17, 15) is 0 Å². The van der Waals surface area contributed by atoms with Crippen LogP contribution in [-0.2, 0) is 6.67 Å². The molecule has 1 aromatic heterocycles. The largest absolute Gasteiger partial charge is 0.321 e. The molecule has 0 aromatic carbocycles. The van der Waals surface area contributed by atoms with Gasteiger partial charge in [-0.1, -0.05) is 27.2 Å². The van der Waals surface area contributed by atoms with Crippen molar-refractivity contribution in [1.82, 2.24) is 14.5 Å². The van der Waals surface area contributed by atoms with Crippen LogP contribution in [0, 0.1) is 5.92 Å². The molecule has 17 heavy (non-hydrogen) atoms. The van der Waals surface area contributed by atoms with Gasteiger partial charge in [0.25, 0.3) is 0 Å². The van der Waals surface area contributed by atoms with Gasteiger partial charge in [0.05, 0.1) is 6.67 Å². The highest BCUT2D eigenvalue weighted by Crippen LogP contribution is 2.22. The number of aromatic nitrogens is 2. The van der Waals surface area contributed by atoms with Crippen LogP contribution in [0.2, 0.25) is 0 Å². The molecular formula is C14H25N3. The number of imidazole rings is 1. The molecule has 2 rings (SSSR count). The summed E-state index contributed by atoms with van der Waals surface area (Å²) >= 11 is 0. The third-order valence-electron chi connectivity index (χ3n) is 3.68. The second-order valence-corrected chi connectivity index (χ2v) is 5.57. The zero-order chi connectivity index (χ0) is 12.3. The summed E-state index contributed by atoms with van der Waals surface area (Å²) in [5, 5.41) is 0. The summed E-state index contributed by atoms with van der Waals surface area (Å²) in [5.41, 5.74) is 0. The predicted molar refractivity (Wildman–Crippen MR) is 70.9 cm³/mol. The minimum absolute atomic E-state index is 0.513. The SMILES string of the molecule is CCCC1CCN(Cn2ccnc2C(C)C)C1. The van der Waals surface area contributed by atoms with Crippen molar-refractivity contribution in [3.63, 3.8) is 0 Å². The Labute approximate surface area is 105 Å². The van der Waals surface area contributed by atoms with Gasteiger partial charge in [-0.25, -0.2) is 4.98 Å². The molecule has 1 fully saturated rings. The van der Waals surface area contributed by atoms with Gasteiger partial charge in [-0.05, 0) is 18.8 Å². The summed E-state index contributed by atoms with van der Waals surface area (Å²) in [6, 6.07) is 0. The Morgan fingerprint density at radius 1 is 1.47 bits per heavy atom. The van der Waals surface area contributed by atoms with Crippen LogP contribution in [0.4, 0.5) is 0 Å². The van der Waals surface area contributed by atoms with Crippen molar-refractivity contribution in [3.05, 3.63) is 18.2 Å². The number of hydrogen-bond donors (Lipinski definition) is 0. The molecule has 1 aromatic rings. The first kappa shape index (κ1) is 12.6. The Kier molecular flexibility index (Phi) is 4.21. The number of likely N-dealkylation sites (tertiary alicyclic amines) is 1. The lowest BCUT2D eigenvalue weighted by atomic mass is 10.0. The van der Waals surface area contributed by atoms with Gasteiger partial charge >= 0.3 is 0 Å². The van der Waals surface area contributed by atoms with Crippen molar-refractivity contribution >= 4 is 0 Å². The van der Waals surface area contributed by atoms with Crippen molar-refractivity contribution in [2.24, 2.45) is 5.92 Å². The van der Waals surface area contributed by atoms with Crippen molar-refractivity contribution in [2.75, 3.05) is 13.1 Å². The Balaban J connectivity index is 1.91. The molecule has 1 aliphatic rings. The van der Waals surface area contributed by atoms with Crippen molar-refractivity contribution in [3.8, 4) is 0 Å². The zero-order valence-electron chi connectivity index (χ0n) is 11.4. The van der Waals surface area contributed by atoms with Gasteiger partial charge in [-0.2, -0.15) is 0 Å². The first-order valence-corrected chi connectivity index (χ1v) is 6.94. The molecule has 1 aliphatic heterocycles. The molecule has 3 nitrogen and oxygen atoms in total. The molecule has 0 saturated carbocycles. The molecule has 0 aliphatic carbocycles. The number of nitrogens with zero attached hydrogens (tertiary/aromatic N) is 3. The van der Waals surface area contributed by atoms with E-state index in [1.165, 1.54) is 38.2 Å². The second-order valence-electron chi connectivity index (χ2n) is 5.57. The lowest BCUT2D eigenvalue weighted by Gasteiger charge is -2.19. The van der Waals surface area contributed by atoms with Gasteiger partial charge in [0.1, 0.15) is 5.82 Å². The van der Waals surface area contributed by atoms with Crippen LogP contribution in [0.25, 0.3) is 0 Å². The normalized spacial score (nSPS) is 21.5. The van der Waals surface area contributed by atoms with Gasteiger partial charge in [-0.3, -0.25) is 4.90 Å². The van der Waals surface area contributed by atoms with E-state index >= 15 is 0 Å². The lowest BCUT2D eigenvalue weighted by molar-refractivity contribution is 0.252. The minimum atomic E-state index is 0.513.